The summed E-state index contributed by atoms with van der Waals surface area (Å²) in [5, 5.41) is 17.4. The number of aryl methyl sites for hydroxylation is 1. The average molecular weight is 300 g/mol. The summed E-state index contributed by atoms with van der Waals surface area (Å²) in [4.78, 5) is 15.6. The molecule has 116 valence electrons. The number of amides is 1. The van der Waals surface area contributed by atoms with Crippen LogP contribution >= 0.6 is 0 Å². The van der Waals surface area contributed by atoms with Crippen LogP contribution in [0.2, 0.25) is 0 Å². The summed E-state index contributed by atoms with van der Waals surface area (Å²) >= 11 is 0. The maximum Gasteiger partial charge on any atom is 0.225 e. The summed E-state index contributed by atoms with van der Waals surface area (Å²) in [7, 11) is 0. The zero-order chi connectivity index (χ0) is 15.9. The van der Waals surface area contributed by atoms with Gasteiger partial charge in [-0.05, 0) is 31.9 Å². The average Bonchev–Trinajstić information content (AvgIpc) is 3.26. The molecule has 0 radical (unpaired) electrons. The van der Waals surface area contributed by atoms with E-state index in [-0.39, 0.29) is 19.0 Å². The molecule has 1 heterocycles. The highest BCUT2D eigenvalue weighted by molar-refractivity contribution is 5.76. The van der Waals surface area contributed by atoms with E-state index in [2.05, 4.69) is 4.90 Å². The van der Waals surface area contributed by atoms with Crippen LogP contribution in [0.25, 0.3) is 0 Å². The molecule has 0 aromatic carbocycles. The molecule has 2 rings (SSSR count). The molecule has 6 nitrogen and oxygen atoms in total. The Balaban J connectivity index is 1.87. The molecule has 0 N–H and O–H groups in total. The van der Waals surface area contributed by atoms with Gasteiger partial charge in [0.15, 0.2) is 0 Å². The number of furan rings is 1. The Labute approximate surface area is 130 Å². The summed E-state index contributed by atoms with van der Waals surface area (Å²) in [6.45, 7) is 3.16. The van der Waals surface area contributed by atoms with Crippen molar-refractivity contribution in [2.24, 2.45) is 0 Å². The van der Waals surface area contributed by atoms with Gasteiger partial charge in [0.25, 0.3) is 0 Å². The van der Waals surface area contributed by atoms with Gasteiger partial charge in [0.1, 0.15) is 24.6 Å². The lowest BCUT2D eigenvalue weighted by atomic mass is 10.3. The molecule has 0 atom stereocenters. The summed E-state index contributed by atoms with van der Waals surface area (Å²) in [6.07, 6.45) is 2.61. The smallest absolute Gasteiger partial charge is 0.225 e. The van der Waals surface area contributed by atoms with Crippen LogP contribution in [0.5, 0.6) is 0 Å². The van der Waals surface area contributed by atoms with Crippen LogP contribution < -0.4 is 0 Å². The Kier molecular flexibility index (Phi) is 5.57. The highest BCUT2D eigenvalue weighted by Crippen LogP contribution is 2.28. The molecule has 1 aliphatic carbocycles. The molecular formula is C16H20N4O2. The second kappa shape index (κ2) is 7.63. The van der Waals surface area contributed by atoms with E-state index in [0.717, 1.165) is 24.4 Å². The van der Waals surface area contributed by atoms with Crippen molar-refractivity contribution in [3.05, 3.63) is 23.7 Å². The lowest BCUT2D eigenvalue weighted by Gasteiger charge is -2.22. The van der Waals surface area contributed by atoms with Gasteiger partial charge in [-0.25, -0.2) is 0 Å². The Bertz CT molecular complexity index is 576. The summed E-state index contributed by atoms with van der Waals surface area (Å²) in [6, 6.07) is 8.26. The first kappa shape index (κ1) is 16.1. The molecule has 22 heavy (non-hydrogen) atoms. The van der Waals surface area contributed by atoms with Gasteiger partial charge in [0.05, 0.1) is 18.7 Å². The van der Waals surface area contributed by atoms with Crippen LogP contribution in [0.3, 0.4) is 0 Å². The normalized spacial score (nSPS) is 13.6. The van der Waals surface area contributed by atoms with Crippen molar-refractivity contribution < 1.29 is 9.21 Å². The van der Waals surface area contributed by atoms with Gasteiger partial charge >= 0.3 is 0 Å². The molecule has 6 heteroatoms. The van der Waals surface area contributed by atoms with Gasteiger partial charge in [0.2, 0.25) is 5.91 Å². The molecule has 0 unspecified atom stereocenters. The molecule has 1 fully saturated rings. The quantitative estimate of drug-likeness (QED) is 0.684. The first-order valence-electron chi connectivity index (χ1n) is 7.45. The minimum Gasteiger partial charge on any atom is -0.465 e. The Morgan fingerprint density at radius 2 is 2.00 bits per heavy atom. The third kappa shape index (κ3) is 4.61. The Morgan fingerprint density at radius 3 is 2.50 bits per heavy atom. The molecule has 0 spiro atoms. The van der Waals surface area contributed by atoms with E-state index in [9.17, 15) is 4.79 Å². The van der Waals surface area contributed by atoms with Gasteiger partial charge in [-0.3, -0.25) is 9.69 Å². The highest BCUT2D eigenvalue weighted by atomic mass is 16.3. The van der Waals surface area contributed by atoms with Crippen LogP contribution in [0.15, 0.2) is 16.5 Å². The lowest BCUT2D eigenvalue weighted by molar-refractivity contribution is -0.130. The molecule has 1 amide bonds. The van der Waals surface area contributed by atoms with Crippen molar-refractivity contribution in [2.75, 3.05) is 19.6 Å². The van der Waals surface area contributed by atoms with Gasteiger partial charge in [-0.1, -0.05) is 0 Å². The summed E-state index contributed by atoms with van der Waals surface area (Å²) < 4.78 is 5.60. The fourth-order valence-corrected chi connectivity index (χ4v) is 2.40. The molecule has 0 saturated heterocycles. The number of hydrogen-bond acceptors (Lipinski definition) is 5. The fourth-order valence-electron chi connectivity index (χ4n) is 2.40. The van der Waals surface area contributed by atoms with Gasteiger partial charge in [0, 0.05) is 19.0 Å². The van der Waals surface area contributed by atoms with Crippen molar-refractivity contribution in [3.8, 4) is 12.1 Å². The van der Waals surface area contributed by atoms with Crippen molar-refractivity contribution in [3.63, 3.8) is 0 Å². The van der Waals surface area contributed by atoms with Gasteiger partial charge < -0.3 is 9.32 Å². The number of rotatable bonds is 8. The minimum absolute atomic E-state index is 0.0345. The van der Waals surface area contributed by atoms with E-state index in [4.69, 9.17) is 14.9 Å². The number of carbonyl (C=O) groups is 1. The van der Waals surface area contributed by atoms with Gasteiger partial charge in [-0.15, -0.1) is 0 Å². The Hall–Kier alpha value is -2.31. The number of carbonyl (C=O) groups excluding carboxylic acids is 1. The van der Waals surface area contributed by atoms with E-state index in [1.165, 1.54) is 4.90 Å². The van der Waals surface area contributed by atoms with Gasteiger partial charge in [-0.2, -0.15) is 10.5 Å². The summed E-state index contributed by atoms with van der Waals surface area (Å²) in [5.74, 6) is 1.64. The van der Waals surface area contributed by atoms with Crippen LogP contribution in [0, 0.1) is 29.6 Å². The fraction of sp³-hybridized carbons (Fsp3) is 0.562. The van der Waals surface area contributed by atoms with Crippen LogP contribution in [0.4, 0.5) is 0 Å². The van der Waals surface area contributed by atoms with Crippen molar-refractivity contribution >= 4 is 5.91 Å². The monoisotopic (exact) mass is 300 g/mol. The zero-order valence-electron chi connectivity index (χ0n) is 12.8. The third-order valence-corrected chi connectivity index (χ3v) is 3.71. The predicted octanol–water partition coefficient (Wildman–Crippen LogP) is 1.82. The van der Waals surface area contributed by atoms with E-state index < -0.39 is 0 Å². The lowest BCUT2D eigenvalue weighted by Crippen LogP contribution is -2.35. The molecule has 1 saturated carbocycles. The van der Waals surface area contributed by atoms with Crippen LogP contribution in [-0.2, 0) is 11.3 Å². The molecular weight excluding hydrogens is 280 g/mol. The first-order valence-corrected chi connectivity index (χ1v) is 7.45. The van der Waals surface area contributed by atoms with Crippen LogP contribution in [-0.4, -0.2) is 41.4 Å². The topological polar surface area (TPSA) is 84.3 Å². The highest BCUT2D eigenvalue weighted by Gasteiger charge is 2.30. The first-order chi connectivity index (χ1) is 10.6. The minimum atomic E-state index is -0.149. The third-order valence-electron chi connectivity index (χ3n) is 3.71. The standard InChI is InChI=1S/C16H20N4O2/c1-13-2-5-15(22-13)12-20(14-3-4-14)9-6-16(21)19(10-7-17)11-8-18/h2,5,14H,3-4,6,9-12H2,1H3. The van der Waals surface area contributed by atoms with E-state index in [0.29, 0.717) is 25.6 Å². The van der Waals surface area contributed by atoms with E-state index in [1.54, 1.807) is 0 Å². The zero-order valence-corrected chi connectivity index (χ0v) is 12.8. The number of hydrogen-bond donors (Lipinski definition) is 0. The second-order valence-electron chi connectivity index (χ2n) is 5.53. The van der Waals surface area contributed by atoms with Crippen LogP contribution in [0.1, 0.15) is 30.8 Å². The second-order valence-corrected chi connectivity index (χ2v) is 5.53. The molecule has 0 bridgehead atoms. The SMILES string of the molecule is Cc1ccc(CN(CCC(=O)N(CC#N)CC#N)C2CC2)o1. The predicted molar refractivity (Wildman–Crippen MR) is 79.3 cm³/mol. The number of nitrogens with zero attached hydrogens (tertiary/aromatic N) is 4. The van der Waals surface area contributed by atoms with Crippen molar-refractivity contribution in [1.29, 1.82) is 10.5 Å². The van der Waals surface area contributed by atoms with E-state index in [1.807, 2.05) is 31.2 Å². The maximum atomic E-state index is 12.1. The largest absolute Gasteiger partial charge is 0.465 e. The summed E-state index contributed by atoms with van der Waals surface area (Å²) in [5.41, 5.74) is 0. The molecule has 1 aromatic heterocycles. The van der Waals surface area contributed by atoms with Crippen molar-refractivity contribution in [1.82, 2.24) is 9.80 Å². The Morgan fingerprint density at radius 1 is 1.32 bits per heavy atom. The maximum absolute atomic E-state index is 12.1. The van der Waals surface area contributed by atoms with E-state index >= 15 is 0 Å². The number of nitriles is 2. The van der Waals surface area contributed by atoms with Crippen molar-refractivity contribution in [2.45, 2.75) is 38.8 Å². The molecule has 0 aliphatic heterocycles. The molecule has 1 aromatic rings. The molecule has 1 aliphatic rings.